The first-order valence-electron chi connectivity index (χ1n) is 7.15. The van der Waals surface area contributed by atoms with Gasteiger partial charge in [-0.3, -0.25) is 4.79 Å². The number of carboxylic acids is 1. The predicted molar refractivity (Wildman–Crippen MR) is 89.9 cm³/mol. The van der Waals surface area contributed by atoms with Gasteiger partial charge in [0.05, 0.1) is 18.9 Å². The Hall–Kier alpha value is -3.55. The molecule has 8 nitrogen and oxygen atoms in total. The number of hydrogen-bond donors (Lipinski definition) is 3. The summed E-state index contributed by atoms with van der Waals surface area (Å²) in [5.41, 5.74) is 1.19. The second-order valence-corrected chi connectivity index (χ2v) is 4.87. The van der Waals surface area contributed by atoms with E-state index in [4.69, 9.17) is 19.8 Å². The lowest BCUT2D eigenvalue weighted by Gasteiger charge is -2.11. The normalized spacial score (nSPS) is 10.4. The number of aromatic carboxylic acids is 1. The monoisotopic (exact) mass is 344 g/mol. The van der Waals surface area contributed by atoms with Crippen LogP contribution < -0.4 is 14.8 Å². The zero-order valence-electron chi connectivity index (χ0n) is 13.3. The van der Waals surface area contributed by atoms with Gasteiger partial charge in [0.25, 0.3) is 5.91 Å². The Morgan fingerprint density at radius 3 is 2.48 bits per heavy atom. The van der Waals surface area contributed by atoms with Crippen molar-refractivity contribution in [2.45, 2.75) is 0 Å². The van der Waals surface area contributed by atoms with E-state index in [0.717, 1.165) is 0 Å². The number of ether oxygens (including phenoxy) is 2. The highest BCUT2D eigenvalue weighted by molar-refractivity contribution is 5.93. The number of rotatable bonds is 7. The number of carbonyl (C=O) groups excluding carboxylic acids is 1. The summed E-state index contributed by atoms with van der Waals surface area (Å²) in [6, 6.07) is 10.6. The van der Waals surface area contributed by atoms with Crippen LogP contribution in [-0.4, -0.2) is 42.1 Å². The highest BCUT2D eigenvalue weighted by atomic mass is 16.5. The van der Waals surface area contributed by atoms with E-state index in [9.17, 15) is 9.59 Å². The van der Waals surface area contributed by atoms with Gasteiger partial charge in [-0.15, -0.1) is 0 Å². The van der Waals surface area contributed by atoms with Gasteiger partial charge in [-0.2, -0.15) is 0 Å². The van der Waals surface area contributed by atoms with Gasteiger partial charge in [0.1, 0.15) is 0 Å². The van der Waals surface area contributed by atoms with Crippen molar-refractivity contribution >= 4 is 23.8 Å². The standard InChI is InChI=1S/C17H16N2O6/c1-24-15-8-11(9-18-23)2-7-14(15)25-10-16(20)19-13-5-3-12(4-6-13)17(21)22/h2-9,23H,10H2,1H3,(H,19,20)(H,21,22). The molecule has 2 aromatic rings. The number of oxime groups is 1. The van der Waals surface area contributed by atoms with Crippen LogP contribution in [0.4, 0.5) is 5.69 Å². The summed E-state index contributed by atoms with van der Waals surface area (Å²) in [4.78, 5) is 22.7. The summed E-state index contributed by atoms with van der Waals surface area (Å²) in [6.07, 6.45) is 1.24. The van der Waals surface area contributed by atoms with Gasteiger partial charge in [0, 0.05) is 11.3 Å². The second kappa shape index (κ2) is 8.34. The first-order valence-corrected chi connectivity index (χ1v) is 7.15. The number of benzene rings is 2. The van der Waals surface area contributed by atoms with Crippen molar-refractivity contribution < 1.29 is 29.4 Å². The van der Waals surface area contributed by atoms with Crippen molar-refractivity contribution in [1.82, 2.24) is 0 Å². The Bertz CT molecular complexity index is 786. The van der Waals surface area contributed by atoms with Crippen molar-refractivity contribution in [2.24, 2.45) is 5.16 Å². The lowest BCUT2D eigenvalue weighted by atomic mass is 10.2. The molecule has 2 rings (SSSR count). The lowest BCUT2D eigenvalue weighted by Crippen LogP contribution is -2.20. The molecule has 25 heavy (non-hydrogen) atoms. The fourth-order valence-corrected chi connectivity index (χ4v) is 1.99. The molecular weight excluding hydrogens is 328 g/mol. The largest absolute Gasteiger partial charge is 0.493 e. The minimum absolute atomic E-state index is 0.130. The van der Waals surface area contributed by atoms with E-state index >= 15 is 0 Å². The van der Waals surface area contributed by atoms with Crippen molar-refractivity contribution in [3.05, 3.63) is 53.6 Å². The van der Waals surface area contributed by atoms with Crippen LogP contribution in [0.25, 0.3) is 0 Å². The fourth-order valence-electron chi connectivity index (χ4n) is 1.99. The van der Waals surface area contributed by atoms with Gasteiger partial charge in [-0.05, 0) is 42.5 Å². The molecular formula is C17H16N2O6. The Kier molecular flexibility index (Phi) is 5.94. The molecule has 0 heterocycles. The molecule has 0 aliphatic heterocycles. The predicted octanol–water partition coefficient (Wildman–Crippen LogP) is 2.22. The summed E-state index contributed by atoms with van der Waals surface area (Å²) in [7, 11) is 1.45. The summed E-state index contributed by atoms with van der Waals surface area (Å²) >= 11 is 0. The minimum atomic E-state index is -1.04. The number of hydrogen-bond acceptors (Lipinski definition) is 6. The highest BCUT2D eigenvalue weighted by Crippen LogP contribution is 2.27. The molecule has 0 aliphatic carbocycles. The second-order valence-electron chi connectivity index (χ2n) is 4.87. The molecule has 1 amide bonds. The van der Waals surface area contributed by atoms with E-state index in [2.05, 4.69) is 10.5 Å². The Morgan fingerprint density at radius 1 is 1.16 bits per heavy atom. The molecule has 0 aromatic heterocycles. The molecule has 0 spiro atoms. The number of nitrogens with one attached hydrogen (secondary N) is 1. The maximum atomic E-state index is 11.9. The zero-order valence-corrected chi connectivity index (χ0v) is 13.3. The molecule has 3 N–H and O–H groups in total. The maximum absolute atomic E-state index is 11.9. The molecule has 2 aromatic carbocycles. The molecule has 0 atom stereocenters. The molecule has 0 bridgehead atoms. The fraction of sp³-hybridized carbons (Fsp3) is 0.118. The molecule has 0 aliphatic rings. The summed E-state index contributed by atoms with van der Waals surface area (Å²) in [5, 5.41) is 22.9. The van der Waals surface area contributed by atoms with Crippen molar-refractivity contribution in [2.75, 3.05) is 19.0 Å². The van der Waals surface area contributed by atoms with E-state index in [0.29, 0.717) is 22.7 Å². The zero-order chi connectivity index (χ0) is 18.2. The van der Waals surface area contributed by atoms with Crippen LogP contribution in [0.3, 0.4) is 0 Å². The van der Waals surface area contributed by atoms with Crippen LogP contribution in [0, 0.1) is 0 Å². The van der Waals surface area contributed by atoms with Gasteiger partial charge < -0.3 is 25.1 Å². The van der Waals surface area contributed by atoms with E-state index < -0.39 is 11.9 Å². The van der Waals surface area contributed by atoms with Gasteiger partial charge in [-0.1, -0.05) is 5.16 Å². The van der Waals surface area contributed by atoms with Crippen LogP contribution in [0.5, 0.6) is 11.5 Å². The van der Waals surface area contributed by atoms with Gasteiger partial charge in [0.2, 0.25) is 0 Å². The summed E-state index contributed by atoms with van der Waals surface area (Å²) in [6.45, 7) is -0.259. The average molecular weight is 344 g/mol. The van der Waals surface area contributed by atoms with E-state index in [1.54, 1.807) is 18.2 Å². The SMILES string of the molecule is COc1cc(C=NO)ccc1OCC(=O)Nc1ccc(C(=O)O)cc1. The van der Waals surface area contributed by atoms with Crippen molar-refractivity contribution in [3.8, 4) is 11.5 Å². The Balaban J connectivity index is 1.96. The van der Waals surface area contributed by atoms with Crippen LogP contribution >= 0.6 is 0 Å². The number of anilines is 1. The van der Waals surface area contributed by atoms with E-state index in [1.165, 1.54) is 37.6 Å². The number of methoxy groups -OCH3 is 1. The number of carboxylic acid groups (broad SMARTS) is 1. The first kappa shape index (κ1) is 17.8. The molecule has 0 unspecified atom stereocenters. The number of nitrogens with zero attached hydrogens (tertiary/aromatic N) is 1. The van der Waals surface area contributed by atoms with Crippen LogP contribution in [-0.2, 0) is 4.79 Å². The van der Waals surface area contributed by atoms with Crippen molar-refractivity contribution in [1.29, 1.82) is 0 Å². The number of carbonyl (C=O) groups is 2. The number of amides is 1. The van der Waals surface area contributed by atoms with Gasteiger partial charge >= 0.3 is 5.97 Å². The molecule has 130 valence electrons. The smallest absolute Gasteiger partial charge is 0.335 e. The third kappa shape index (κ3) is 4.96. The highest BCUT2D eigenvalue weighted by Gasteiger charge is 2.09. The maximum Gasteiger partial charge on any atom is 0.335 e. The third-order valence-corrected chi connectivity index (χ3v) is 3.17. The van der Waals surface area contributed by atoms with Crippen molar-refractivity contribution in [3.63, 3.8) is 0 Å². The quantitative estimate of drug-likeness (QED) is 0.403. The lowest BCUT2D eigenvalue weighted by molar-refractivity contribution is -0.118. The van der Waals surface area contributed by atoms with E-state index in [-0.39, 0.29) is 12.2 Å². The van der Waals surface area contributed by atoms with Crippen LogP contribution in [0.1, 0.15) is 15.9 Å². The summed E-state index contributed by atoms with van der Waals surface area (Å²) in [5.74, 6) is -0.709. The molecule has 0 radical (unpaired) electrons. The molecule has 0 saturated heterocycles. The van der Waals surface area contributed by atoms with Crippen LogP contribution in [0.15, 0.2) is 47.6 Å². The minimum Gasteiger partial charge on any atom is -0.493 e. The Labute approximate surface area is 143 Å². The van der Waals surface area contributed by atoms with Gasteiger partial charge in [-0.25, -0.2) is 4.79 Å². The van der Waals surface area contributed by atoms with Gasteiger partial charge in [0.15, 0.2) is 18.1 Å². The molecule has 0 fully saturated rings. The molecule has 0 saturated carbocycles. The molecule has 8 heteroatoms. The Morgan fingerprint density at radius 2 is 1.88 bits per heavy atom. The first-order chi connectivity index (χ1) is 12.0. The average Bonchev–Trinajstić information content (AvgIpc) is 2.61. The third-order valence-electron chi connectivity index (χ3n) is 3.17. The summed E-state index contributed by atoms with van der Waals surface area (Å²) < 4.78 is 10.6. The van der Waals surface area contributed by atoms with Crippen LogP contribution in [0.2, 0.25) is 0 Å². The topological polar surface area (TPSA) is 117 Å². The van der Waals surface area contributed by atoms with E-state index in [1.807, 2.05) is 0 Å².